The van der Waals surface area contributed by atoms with Gasteiger partial charge in [-0.1, -0.05) is 6.92 Å². The van der Waals surface area contributed by atoms with Gasteiger partial charge in [0, 0.05) is 17.3 Å². The van der Waals surface area contributed by atoms with Gasteiger partial charge in [-0.05, 0) is 32.4 Å². The molecule has 106 valence electrons. The lowest BCUT2D eigenvalue weighted by Gasteiger charge is -2.24. The van der Waals surface area contributed by atoms with Gasteiger partial charge in [-0.25, -0.2) is 4.39 Å². The number of carbonyl (C=O) groups is 1. The highest BCUT2D eigenvalue weighted by Gasteiger charge is 2.17. The fourth-order valence-corrected chi connectivity index (χ4v) is 1.46. The van der Waals surface area contributed by atoms with E-state index in [1.54, 1.807) is 6.07 Å². The molecule has 0 spiro atoms. The molecule has 0 unspecified atom stereocenters. The number of ether oxygens (including phenoxy) is 1. The second-order valence-corrected chi connectivity index (χ2v) is 4.99. The summed E-state index contributed by atoms with van der Waals surface area (Å²) in [5.74, 6) is -0.376. The van der Waals surface area contributed by atoms with Crippen LogP contribution in [0.25, 0.3) is 0 Å². The molecule has 0 fully saturated rings. The molecular weight excluding hydrogens is 247 g/mol. The van der Waals surface area contributed by atoms with Gasteiger partial charge >= 0.3 is 0 Å². The average molecular weight is 268 g/mol. The Hall–Kier alpha value is -1.78. The molecule has 0 bridgehead atoms. The number of methoxy groups -OCH3 is 1. The predicted molar refractivity (Wildman–Crippen MR) is 74.0 cm³/mol. The maximum absolute atomic E-state index is 13.2. The largest absolute Gasteiger partial charge is 0.494 e. The van der Waals surface area contributed by atoms with E-state index in [9.17, 15) is 9.18 Å². The van der Waals surface area contributed by atoms with E-state index in [4.69, 9.17) is 4.74 Å². The van der Waals surface area contributed by atoms with E-state index in [2.05, 4.69) is 10.6 Å². The lowest BCUT2D eigenvalue weighted by molar-refractivity contribution is -0.121. The quantitative estimate of drug-likeness (QED) is 0.833. The van der Waals surface area contributed by atoms with Crippen molar-refractivity contribution in [2.75, 3.05) is 19.0 Å². The number of hydrogen-bond donors (Lipinski definition) is 2. The minimum absolute atomic E-state index is 0.102. The zero-order chi connectivity index (χ0) is 14.5. The molecular formula is C14H21FN2O2. The van der Waals surface area contributed by atoms with Gasteiger partial charge in [0.1, 0.15) is 0 Å². The monoisotopic (exact) mass is 268 g/mol. The molecule has 0 aliphatic heterocycles. The summed E-state index contributed by atoms with van der Waals surface area (Å²) in [5.41, 5.74) is 0.418. The molecule has 4 nitrogen and oxygen atoms in total. The van der Waals surface area contributed by atoms with Crippen molar-refractivity contribution in [3.63, 3.8) is 0 Å². The number of carbonyl (C=O) groups excluding carboxylic acids is 1. The van der Waals surface area contributed by atoms with Crippen molar-refractivity contribution < 1.29 is 13.9 Å². The molecule has 0 aromatic heterocycles. The van der Waals surface area contributed by atoms with Gasteiger partial charge in [0.2, 0.25) is 5.91 Å². The van der Waals surface area contributed by atoms with Crippen molar-refractivity contribution in [2.45, 2.75) is 32.7 Å². The summed E-state index contributed by atoms with van der Waals surface area (Å²) in [6, 6.07) is 4.39. The predicted octanol–water partition coefficient (Wildman–Crippen LogP) is 2.55. The molecule has 0 radical (unpaired) electrons. The topological polar surface area (TPSA) is 50.4 Å². The second-order valence-electron chi connectivity index (χ2n) is 4.99. The van der Waals surface area contributed by atoms with Crippen LogP contribution >= 0.6 is 0 Å². The van der Waals surface area contributed by atoms with Crippen LogP contribution in [0.4, 0.5) is 10.1 Å². The number of anilines is 1. The fraction of sp³-hybridized carbons (Fsp3) is 0.500. The summed E-state index contributed by atoms with van der Waals surface area (Å²) in [4.78, 5) is 11.7. The lowest BCUT2D eigenvalue weighted by atomic mass is 10.0. The second kappa shape index (κ2) is 6.41. The Morgan fingerprint density at radius 2 is 2.11 bits per heavy atom. The zero-order valence-corrected chi connectivity index (χ0v) is 11.8. The number of rotatable bonds is 6. The molecule has 0 aliphatic carbocycles. The number of hydrogen-bond acceptors (Lipinski definition) is 3. The standard InChI is InChI=1S/C14H21FN2O2/c1-5-14(2,3)17-13(18)9-16-10-6-7-11(15)12(8-10)19-4/h6-8,16H,5,9H2,1-4H3,(H,17,18). The van der Waals surface area contributed by atoms with E-state index < -0.39 is 5.82 Å². The molecule has 2 N–H and O–H groups in total. The Morgan fingerprint density at radius 3 is 2.68 bits per heavy atom. The Balaban J connectivity index is 2.55. The van der Waals surface area contributed by atoms with Gasteiger partial charge in [-0.3, -0.25) is 4.79 Å². The van der Waals surface area contributed by atoms with Gasteiger partial charge in [0.05, 0.1) is 13.7 Å². The van der Waals surface area contributed by atoms with E-state index in [1.807, 2.05) is 20.8 Å². The van der Waals surface area contributed by atoms with Gasteiger partial charge in [0.25, 0.3) is 0 Å². The normalized spacial score (nSPS) is 11.0. The van der Waals surface area contributed by atoms with Gasteiger partial charge < -0.3 is 15.4 Å². The SMILES string of the molecule is CCC(C)(C)NC(=O)CNc1ccc(F)c(OC)c1. The highest BCUT2D eigenvalue weighted by molar-refractivity contribution is 5.81. The van der Waals surface area contributed by atoms with Crippen molar-refractivity contribution in [3.05, 3.63) is 24.0 Å². The first-order chi connectivity index (χ1) is 8.88. The van der Waals surface area contributed by atoms with Gasteiger partial charge in [-0.15, -0.1) is 0 Å². The molecule has 0 atom stereocenters. The minimum atomic E-state index is -0.426. The third kappa shape index (κ3) is 4.77. The Labute approximate surface area is 113 Å². The van der Waals surface area contributed by atoms with E-state index in [0.717, 1.165) is 6.42 Å². The summed E-state index contributed by atoms with van der Waals surface area (Å²) in [7, 11) is 1.40. The molecule has 5 heteroatoms. The maximum Gasteiger partial charge on any atom is 0.239 e. The summed E-state index contributed by atoms with van der Waals surface area (Å²) < 4.78 is 18.1. The Kier molecular flexibility index (Phi) is 5.15. The summed E-state index contributed by atoms with van der Waals surface area (Å²) in [5, 5.41) is 5.84. The van der Waals surface area contributed by atoms with E-state index >= 15 is 0 Å². The van der Waals surface area contributed by atoms with Crippen molar-refractivity contribution in [1.82, 2.24) is 5.32 Å². The van der Waals surface area contributed by atoms with Gasteiger partial charge in [0.15, 0.2) is 11.6 Å². The molecule has 1 amide bonds. The molecule has 0 heterocycles. The number of benzene rings is 1. The third-order valence-corrected chi connectivity index (χ3v) is 2.97. The Bertz CT molecular complexity index is 447. The molecule has 0 saturated heterocycles. The fourth-order valence-electron chi connectivity index (χ4n) is 1.46. The summed E-state index contributed by atoms with van der Waals surface area (Å²) >= 11 is 0. The van der Waals surface area contributed by atoms with Crippen LogP contribution in [0.3, 0.4) is 0 Å². The Morgan fingerprint density at radius 1 is 1.42 bits per heavy atom. The van der Waals surface area contributed by atoms with Crippen LogP contribution in [0.5, 0.6) is 5.75 Å². The first-order valence-electron chi connectivity index (χ1n) is 6.26. The third-order valence-electron chi connectivity index (χ3n) is 2.97. The molecule has 1 rings (SSSR count). The highest BCUT2D eigenvalue weighted by Crippen LogP contribution is 2.21. The minimum Gasteiger partial charge on any atom is -0.494 e. The molecule has 0 saturated carbocycles. The van der Waals surface area contributed by atoms with E-state index in [-0.39, 0.29) is 23.7 Å². The summed E-state index contributed by atoms with van der Waals surface area (Å²) in [6.07, 6.45) is 0.850. The van der Waals surface area contributed by atoms with Crippen molar-refractivity contribution in [2.24, 2.45) is 0 Å². The molecule has 1 aromatic rings. The number of nitrogens with one attached hydrogen (secondary N) is 2. The van der Waals surface area contributed by atoms with Crippen LogP contribution in [-0.2, 0) is 4.79 Å². The van der Waals surface area contributed by atoms with Crippen molar-refractivity contribution in [3.8, 4) is 5.75 Å². The first-order valence-corrected chi connectivity index (χ1v) is 6.26. The number of amides is 1. The van der Waals surface area contributed by atoms with Crippen LogP contribution in [0.1, 0.15) is 27.2 Å². The summed E-state index contributed by atoms with van der Waals surface area (Å²) in [6.45, 7) is 6.08. The number of halogens is 1. The molecule has 1 aromatic carbocycles. The highest BCUT2D eigenvalue weighted by atomic mass is 19.1. The molecule has 19 heavy (non-hydrogen) atoms. The van der Waals surface area contributed by atoms with Crippen LogP contribution in [0.15, 0.2) is 18.2 Å². The zero-order valence-electron chi connectivity index (χ0n) is 11.8. The average Bonchev–Trinajstić information content (AvgIpc) is 2.37. The van der Waals surface area contributed by atoms with Crippen molar-refractivity contribution in [1.29, 1.82) is 0 Å². The lowest BCUT2D eigenvalue weighted by Crippen LogP contribution is -2.45. The molecule has 0 aliphatic rings. The van der Waals surface area contributed by atoms with Crippen LogP contribution < -0.4 is 15.4 Å². The van der Waals surface area contributed by atoms with E-state index in [1.165, 1.54) is 19.2 Å². The van der Waals surface area contributed by atoms with Crippen LogP contribution in [0.2, 0.25) is 0 Å². The van der Waals surface area contributed by atoms with Crippen LogP contribution in [0, 0.1) is 5.82 Å². The van der Waals surface area contributed by atoms with Gasteiger partial charge in [-0.2, -0.15) is 0 Å². The van der Waals surface area contributed by atoms with E-state index in [0.29, 0.717) is 5.69 Å². The first kappa shape index (κ1) is 15.3. The smallest absolute Gasteiger partial charge is 0.239 e. The van der Waals surface area contributed by atoms with Crippen LogP contribution in [-0.4, -0.2) is 25.1 Å². The maximum atomic E-state index is 13.2. The van der Waals surface area contributed by atoms with Crippen molar-refractivity contribution >= 4 is 11.6 Å².